The first-order valence-electron chi connectivity index (χ1n) is 5.53. The van der Waals surface area contributed by atoms with Gasteiger partial charge in [0.25, 0.3) is 0 Å². The molecule has 0 saturated heterocycles. The number of hydrogen-bond donors (Lipinski definition) is 3. The molecule has 19 heavy (non-hydrogen) atoms. The smallest absolute Gasteiger partial charge is 0.323 e. The van der Waals surface area contributed by atoms with E-state index in [4.69, 9.17) is 5.84 Å². The van der Waals surface area contributed by atoms with E-state index in [1.807, 2.05) is 6.92 Å². The molecule has 8 heteroatoms. The summed E-state index contributed by atoms with van der Waals surface area (Å²) in [6.07, 6.45) is -3.82. The second-order valence-corrected chi connectivity index (χ2v) is 3.69. The van der Waals surface area contributed by atoms with Crippen LogP contribution in [-0.2, 0) is 6.18 Å². The van der Waals surface area contributed by atoms with Crippen molar-refractivity contribution < 1.29 is 17.6 Å². The van der Waals surface area contributed by atoms with Crippen LogP contribution < -0.4 is 16.6 Å². The molecule has 4 nitrogen and oxygen atoms in total. The molecule has 0 aliphatic rings. The van der Waals surface area contributed by atoms with Gasteiger partial charge in [-0.25, -0.2) is 10.2 Å². The van der Waals surface area contributed by atoms with Gasteiger partial charge in [0.15, 0.2) is 0 Å². The quantitative estimate of drug-likeness (QED) is 0.262. The molecule has 4 N–H and O–H groups in total. The predicted molar refractivity (Wildman–Crippen MR) is 64.9 cm³/mol. The van der Waals surface area contributed by atoms with Gasteiger partial charge < -0.3 is 5.32 Å². The van der Waals surface area contributed by atoms with Gasteiger partial charge in [0.05, 0.1) is 11.3 Å². The van der Waals surface area contributed by atoms with Crippen LogP contribution in [-0.4, -0.2) is 12.5 Å². The number of aliphatic imine (C=N–C) groups is 1. The molecule has 0 unspecified atom stereocenters. The van der Waals surface area contributed by atoms with Crippen LogP contribution in [0.15, 0.2) is 23.2 Å². The van der Waals surface area contributed by atoms with E-state index in [1.165, 1.54) is 0 Å². The zero-order valence-corrected chi connectivity index (χ0v) is 10.2. The van der Waals surface area contributed by atoms with Crippen LogP contribution in [0.5, 0.6) is 0 Å². The average Bonchev–Trinajstić information content (AvgIpc) is 2.35. The first-order valence-corrected chi connectivity index (χ1v) is 5.53. The Balaban J connectivity index is 2.99. The zero-order chi connectivity index (χ0) is 14.5. The van der Waals surface area contributed by atoms with Crippen molar-refractivity contribution >= 4 is 11.6 Å². The Morgan fingerprint density at radius 3 is 2.58 bits per heavy atom. The van der Waals surface area contributed by atoms with Crippen LogP contribution in [0.4, 0.5) is 23.2 Å². The van der Waals surface area contributed by atoms with E-state index in [9.17, 15) is 17.6 Å². The SMILES string of the molecule is CCCN=C(NN)Nc1cc(C(F)(F)F)ccc1F. The number of nitrogens with zero attached hydrogens (tertiary/aromatic N) is 1. The van der Waals surface area contributed by atoms with Crippen molar-refractivity contribution in [3.8, 4) is 0 Å². The molecule has 0 spiro atoms. The monoisotopic (exact) mass is 278 g/mol. The maximum atomic E-state index is 13.4. The van der Waals surface area contributed by atoms with E-state index >= 15 is 0 Å². The van der Waals surface area contributed by atoms with Crippen LogP contribution in [0, 0.1) is 5.82 Å². The molecule has 0 bridgehead atoms. The lowest BCUT2D eigenvalue weighted by Gasteiger charge is -2.12. The van der Waals surface area contributed by atoms with Crippen molar-refractivity contribution in [1.82, 2.24) is 5.43 Å². The molecular formula is C11H14F4N4. The molecule has 0 radical (unpaired) electrons. The molecule has 0 heterocycles. The fraction of sp³-hybridized carbons (Fsp3) is 0.364. The summed E-state index contributed by atoms with van der Waals surface area (Å²) in [7, 11) is 0. The van der Waals surface area contributed by atoms with E-state index in [1.54, 1.807) is 0 Å². The minimum atomic E-state index is -4.54. The predicted octanol–water partition coefficient (Wildman–Crippen LogP) is 2.49. The van der Waals surface area contributed by atoms with Gasteiger partial charge in [-0.2, -0.15) is 13.2 Å². The van der Waals surface area contributed by atoms with Gasteiger partial charge in [-0.3, -0.25) is 10.4 Å². The van der Waals surface area contributed by atoms with Crippen molar-refractivity contribution in [3.63, 3.8) is 0 Å². The van der Waals surface area contributed by atoms with Gasteiger partial charge in [-0.15, -0.1) is 0 Å². The van der Waals surface area contributed by atoms with Gasteiger partial charge in [0.1, 0.15) is 5.82 Å². The number of hydrazine groups is 1. The van der Waals surface area contributed by atoms with Crippen molar-refractivity contribution in [1.29, 1.82) is 0 Å². The van der Waals surface area contributed by atoms with Crippen molar-refractivity contribution in [2.24, 2.45) is 10.8 Å². The molecule has 0 atom stereocenters. The Bertz CT molecular complexity index is 456. The number of anilines is 1. The van der Waals surface area contributed by atoms with Crippen molar-refractivity contribution in [2.75, 3.05) is 11.9 Å². The van der Waals surface area contributed by atoms with Crippen molar-refractivity contribution in [2.45, 2.75) is 19.5 Å². The first kappa shape index (κ1) is 15.2. The van der Waals surface area contributed by atoms with E-state index in [0.717, 1.165) is 12.5 Å². The summed E-state index contributed by atoms with van der Waals surface area (Å²) in [6, 6.07) is 2.06. The number of halogens is 4. The summed E-state index contributed by atoms with van der Waals surface area (Å²) in [6.45, 7) is 2.27. The maximum Gasteiger partial charge on any atom is 0.416 e. The number of benzene rings is 1. The Morgan fingerprint density at radius 1 is 1.37 bits per heavy atom. The number of guanidine groups is 1. The van der Waals surface area contributed by atoms with Crippen LogP contribution in [0.3, 0.4) is 0 Å². The number of hydrogen-bond acceptors (Lipinski definition) is 2. The Morgan fingerprint density at radius 2 is 2.05 bits per heavy atom. The summed E-state index contributed by atoms with van der Waals surface area (Å²) in [5.74, 6) is 4.32. The topological polar surface area (TPSA) is 62.4 Å². The molecule has 0 aliphatic carbocycles. The van der Waals surface area contributed by atoms with E-state index in [-0.39, 0.29) is 11.6 Å². The molecule has 1 aromatic rings. The Kier molecular flexibility index (Phi) is 5.11. The van der Waals surface area contributed by atoms with Gasteiger partial charge in [0, 0.05) is 6.54 Å². The fourth-order valence-electron chi connectivity index (χ4n) is 1.27. The normalized spacial score (nSPS) is 12.4. The van der Waals surface area contributed by atoms with Crippen molar-refractivity contribution in [3.05, 3.63) is 29.6 Å². The number of alkyl halides is 3. The van der Waals surface area contributed by atoms with E-state index < -0.39 is 17.6 Å². The molecule has 0 saturated carbocycles. The minimum absolute atomic E-state index is 0.0000690. The summed E-state index contributed by atoms with van der Waals surface area (Å²) in [4.78, 5) is 3.91. The zero-order valence-electron chi connectivity index (χ0n) is 10.2. The fourth-order valence-corrected chi connectivity index (χ4v) is 1.27. The van der Waals surface area contributed by atoms with Crippen LogP contribution >= 0.6 is 0 Å². The molecule has 1 aromatic carbocycles. The van der Waals surface area contributed by atoms with Crippen LogP contribution in [0.25, 0.3) is 0 Å². The summed E-state index contributed by atoms with van der Waals surface area (Å²) in [5.41, 5.74) is 0.862. The van der Waals surface area contributed by atoms with E-state index in [0.29, 0.717) is 18.7 Å². The highest BCUT2D eigenvalue weighted by atomic mass is 19.4. The van der Waals surface area contributed by atoms with Gasteiger partial charge in [-0.1, -0.05) is 6.92 Å². The minimum Gasteiger partial charge on any atom is -0.323 e. The lowest BCUT2D eigenvalue weighted by molar-refractivity contribution is -0.137. The van der Waals surface area contributed by atoms with Gasteiger partial charge in [-0.05, 0) is 24.6 Å². The second kappa shape index (κ2) is 6.37. The van der Waals surface area contributed by atoms with Crippen LogP contribution in [0.1, 0.15) is 18.9 Å². The third kappa shape index (κ3) is 4.40. The lowest BCUT2D eigenvalue weighted by Crippen LogP contribution is -2.36. The maximum absolute atomic E-state index is 13.4. The Labute approximate surface area is 107 Å². The lowest BCUT2D eigenvalue weighted by atomic mass is 10.2. The molecule has 0 fully saturated rings. The molecule has 0 amide bonds. The molecule has 106 valence electrons. The highest BCUT2D eigenvalue weighted by Gasteiger charge is 2.31. The number of rotatable bonds is 3. The summed E-state index contributed by atoms with van der Waals surface area (Å²) in [5, 5.41) is 2.38. The number of nitrogens with one attached hydrogen (secondary N) is 2. The first-order chi connectivity index (χ1) is 8.88. The number of nitrogens with two attached hydrogens (primary N) is 1. The summed E-state index contributed by atoms with van der Waals surface area (Å²) >= 11 is 0. The average molecular weight is 278 g/mol. The highest BCUT2D eigenvalue weighted by molar-refractivity contribution is 5.93. The standard InChI is InChI=1S/C11H14F4N4/c1-2-5-17-10(19-16)18-9-6-7(11(13,14)15)3-4-8(9)12/h3-4,6H,2,5,16H2,1H3,(H2,17,18,19). The second-order valence-electron chi connectivity index (χ2n) is 3.69. The molecule has 1 rings (SSSR count). The molecular weight excluding hydrogens is 264 g/mol. The van der Waals surface area contributed by atoms with Gasteiger partial charge >= 0.3 is 6.18 Å². The third-order valence-electron chi connectivity index (χ3n) is 2.18. The van der Waals surface area contributed by atoms with E-state index in [2.05, 4.69) is 15.7 Å². The molecule has 0 aromatic heterocycles. The third-order valence-corrected chi connectivity index (χ3v) is 2.18. The Hall–Kier alpha value is -1.83. The summed E-state index contributed by atoms with van der Waals surface area (Å²) < 4.78 is 50.9. The van der Waals surface area contributed by atoms with Crippen LogP contribution in [0.2, 0.25) is 0 Å². The largest absolute Gasteiger partial charge is 0.416 e. The van der Waals surface area contributed by atoms with Gasteiger partial charge in [0.2, 0.25) is 5.96 Å². The molecule has 0 aliphatic heterocycles. The highest BCUT2D eigenvalue weighted by Crippen LogP contribution is 2.31.